The fourth-order valence-corrected chi connectivity index (χ4v) is 6.53. The van der Waals surface area contributed by atoms with Crippen molar-refractivity contribution in [2.45, 2.75) is 35.4 Å². The van der Waals surface area contributed by atoms with E-state index in [0.717, 1.165) is 18.7 Å². The van der Waals surface area contributed by atoms with Gasteiger partial charge in [0.25, 0.3) is 0 Å². The first kappa shape index (κ1) is 17.6. The lowest BCUT2D eigenvalue weighted by Gasteiger charge is -2.43. The first-order chi connectivity index (χ1) is 11.6. The molecule has 2 aliphatic rings. The number of hydrogen-bond donors (Lipinski definition) is 2. The number of nitrogens with zero attached hydrogens (tertiary/aromatic N) is 2. The third-order valence-electron chi connectivity index (χ3n) is 4.33. The van der Waals surface area contributed by atoms with Crippen LogP contribution in [0.1, 0.15) is 12.8 Å². The number of thioether (sulfide) groups is 2. The Labute approximate surface area is 149 Å². The number of hydrogen-bond acceptors (Lipinski definition) is 5. The molecule has 0 saturated carbocycles. The predicted molar refractivity (Wildman–Crippen MR) is 92.3 cm³/mol. The molecule has 0 spiro atoms. The summed E-state index contributed by atoms with van der Waals surface area (Å²) in [7, 11) is 0. The molecule has 3 heterocycles. The summed E-state index contributed by atoms with van der Waals surface area (Å²) in [4.78, 5) is 25.2. The third-order valence-corrected chi connectivity index (χ3v) is 7.55. The molecule has 0 aliphatic carbocycles. The number of carboxylic acids is 1. The minimum atomic E-state index is -0.935. The maximum absolute atomic E-state index is 12.1. The van der Waals surface area contributed by atoms with E-state index in [-0.39, 0.29) is 28.4 Å². The van der Waals surface area contributed by atoms with Crippen molar-refractivity contribution in [3.8, 4) is 0 Å². The van der Waals surface area contributed by atoms with Gasteiger partial charge in [-0.2, -0.15) is 0 Å². The topological polar surface area (TPSA) is 81.7 Å². The SMILES string of the molecule is O=C(O)C1C(SCCC[n+]2ccccc2)SC2[C@@H](CCO)C(=O)N12. The monoisotopic (exact) mass is 369 g/mol. The summed E-state index contributed by atoms with van der Waals surface area (Å²) in [6.45, 7) is 0.854. The first-order valence-electron chi connectivity index (χ1n) is 8.00. The molecule has 8 heteroatoms. The summed E-state index contributed by atoms with van der Waals surface area (Å²) in [5.41, 5.74) is 0. The van der Waals surface area contributed by atoms with E-state index in [0.29, 0.717) is 6.42 Å². The van der Waals surface area contributed by atoms with Gasteiger partial charge in [0.2, 0.25) is 5.91 Å². The molecule has 1 amide bonds. The van der Waals surface area contributed by atoms with Gasteiger partial charge < -0.3 is 15.1 Å². The van der Waals surface area contributed by atoms with Gasteiger partial charge >= 0.3 is 5.97 Å². The quantitative estimate of drug-likeness (QED) is 0.401. The van der Waals surface area contributed by atoms with E-state index in [1.54, 1.807) is 23.5 Å². The number of carbonyl (C=O) groups is 2. The van der Waals surface area contributed by atoms with Crippen molar-refractivity contribution in [3.05, 3.63) is 30.6 Å². The molecule has 2 fully saturated rings. The van der Waals surface area contributed by atoms with E-state index in [1.165, 1.54) is 4.90 Å². The fourth-order valence-electron chi connectivity index (χ4n) is 3.15. The highest BCUT2D eigenvalue weighted by Gasteiger charge is 2.60. The smallest absolute Gasteiger partial charge is 0.328 e. The molecule has 3 unspecified atom stereocenters. The minimum Gasteiger partial charge on any atom is -0.480 e. The zero-order chi connectivity index (χ0) is 17.1. The van der Waals surface area contributed by atoms with Gasteiger partial charge in [0.05, 0.1) is 15.9 Å². The summed E-state index contributed by atoms with van der Waals surface area (Å²) >= 11 is 3.19. The van der Waals surface area contributed by atoms with Gasteiger partial charge in [-0.15, -0.1) is 23.5 Å². The number of pyridine rings is 1. The largest absolute Gasteiger partial charge is 0.480 e. The van der Waals surface area contributed by atoms with E-state index in [4.69, 9.17) is 5.11 Å². The van der Waals surface area contributed by atoms with Gasteiger partial charge in [-0.25, -0.2) is 9.36 Å². The molecule has 6 nitrogen and oxygen atoms in total. The maximum atomic E-state index is 12.1. The average molecular weight is 369 g/mol. The standard InChI is InChI=1S/C16H20N2O4S2/c19-9-5-11-13(20)18-12(15(21)22)16(24-14(11)18)23-10-4-8-17-6-2-1-3-7-17/h1-3,6-7,11-12,14,16,19H,4-5,8-10H2/p+1/t11-,12?,14?,16?/m0/s1. The summed E-state index contributed by atoms with van der Waals surface area (Å²) in [5, 5.41) is 18.5. The van der Waals surface area contributed by atoms with E-state index in [9.17, 15) is 14.7 Å². The van der Waals surface area contributed by atoms with E-state index >= 15 is 0 Å². The predicted octanol–water partition coefficient (Wildman–Crippen LogP) is 0.790. The number of carboxylic acid groups (broad SMARTS) is 1. The molecule has 0 radical (unpaired) electrons. The van der Waals surface area contributed by atoms with Crippen LogP contribution in [0, 0.1) is 5.92 Å². The normalized spacial score (nSPS) is 28.5. The van der Waals surface area contributed by atoms with Gasteiger partial charge in [0, 0.05) is 30.9 Å². The summed E-state index contributed by atoms with van der Waals surface area (Å²) in [5.74, 6) is -0.442. The van der Waals surface area contributed by atoms with Crippen LogP contribution in [0.4, 0.5) is 0 Å². The third kappa shape index (κ3) is 3.41. The number of fused-ring (bicyclic) bond motifs is 1. The van der Waals surface area contributed by atoms with E-state index in [1.807, 2.05) is 30.6 Å². The average Bonchev–Trinajstić information content (AvgIpc) is 2.93. The number of carbonyl (C=O) groups excluding carboxylic acids is 1. The molecule has 3 rings (SSSR count). The van der Waals surface area contributed by atoms with Gasteiger partial charge in [0.1, 0.15) is 6.54 Å². The molecular weight excluding hydrogens is 348 g/mol. The van der Waals surface area contributed by atoms with Crippen LogP contribution in [0.2, 0.25) is 0 Å². The van der Waals surface area contributed by atoms with Crippen molar-refractivity contribution in [1.82, 2.24) is 4.90 Å². The number of aliphatic carboxylic acids is 1. The summed E-state index contributed by atoms with van der Waals surface area (Å²) in [6, 6.07) is 5.19. The van der Waals surface area contributed by atoms with Crippen LogP contribution < -0.4 is 4.57 Å². The molecule has 1 aromatic heterocycles. The second-order valence-corrected chi connectivity index (χ2v) is 8.69. The van der Waals surface area contributed by atoms with Crippen LogP contribution in [-0.2, 0) is 16.1 Å². The van der Waals surface area contributed by atoms with Crippen LogP contribution in [-0.4, -0.2) is 55.3 Å². The molecule has 0 aromatic carbocycles. The molecular formula is C16H21N2O4S2+. The Hall–Kier alpha value is -1.25. The van der Waals surface area contributed by atoms with E-state index < -0.39 is 12.0 Å². The number of amides is 1. The van der Waals surface area contributed by atoms with Crippen molar-refractivity contribution in [3.63, 3.8) is 0 Å². The Bertz CT molecular complexity index is 601. The van der Waals surface area contributed by atoms with Gasteiger partial charge in [-0.1, -0.05) is 6.07 Å². The zero-order valence-corrected chi connectivity index (χ0v) is 14.8. The van der Waals surface area contributed by atoms with Crippen LogP contribution in [0.3, 0.4) is 0 Å². The maximum Gasteiger partial charge on any atom is 0.328 e. The Morgan fingerprint density at radius 3 is 2.75 bits per heavy atom. The molecule has 24 heavy (non-hydrogen) atoms. The molecule has 2 N–H and O–H groups in total. The van der Waals surface area contributed by atoms with Crippen LogP contribution in [0.25, 0.3) is 0 Å². The Balaban J connectivity index is 1.53. The Morgan fingerprint density at radius 1 is 1.33 bits per heavy atom. The first-order valence-corrected chi connectivity index (χ1v) is 9.99. The molecule has 2 aliphatic heterocycles. The molecule has 0 bridgehead atoms. The van der Waals surface area contributed by atoms with Gasteiger partial charge in [0.15, 0.2) is 18.4 Å². The second-order valence-electron chi connectivity index (χ2n) is 5.88. The molecule has 4 atom stereocenters. The van der Waals surface area contributed by atoms with Crippen LogP contribution in [0.15, 0.2) is 30.6 Å². The summed E-state index contributed by atoms with van der Waals surface area (Å²) in [6.07, 6.45) is 5.39. The summed E-state index contributed by atoms with van der Waals surface area (Å²) < 4.78 is 1.96. The minimum absolute atomic E-state index is 0.0366. The van der Waals surface area contributed by atoms with Gasteiger partial charge in [-0.05, 0) is 6.42 Å². The number of β-lactam (4-membered cyclic amide) rings is 1. The number of aromatic nitrogens is 1. The molecule has 2 saturated heterocycles. The van der Waals surface area contributed by atoms with Crippen LogP contribution in [0.5, 0.6) is 0 Å². The van der Waals surface area contributed by atoms with Crippen molar-refractivity contribution in [2.24, 2.45) is 5.92 Å². The number of aliphatic hydroxyl groups is 1. The Morgan fingerprint density at radius 2 is 2.08 bits per heavy atom. The van der Waals surface area contributed by atoms with Crippen LogP contribution >= 0.6 is 23.5 Å². The lowest BCUT2D eigenvalue weighted by atomic mass is 9.93. The van der Waals surface area contributed by atoms with Crippen molar-refractivity contribution >= 4 is 35.4 Å². The fraction of sp³-hybridized carbons (Fsp3) is 0.562. The molecule has 130 valence electrons. The number of rotatable bonds is 8. The highest BCUT2D eigenvalue weighted by atomic mass is 32.2. The van der Waals surface area contributed by atoms with Gasteiger partial charge in [-0.3, -0.25) is 4.79 Å². The number of aliphatic hydroxyl groups excluding tert-OH is 1. The second kappa shape index (κ2) is 7.76. The zero-order valence-electron chi connectivity index (χ0n) is 13.2. The van der Waals surface area contributed by atoms with Crippen molar-refractivity contribution < 1.29 is 24.4 Å². The highest BCUT2D eigenvalue weighted by Crippen LogP contribution is 2.52. The highest BCUT2D eigenvalue weighted by molar-refractivity contribution is 8.17. The number of aryl methyl sites for hydroxylation is 1. The van der Waals surface area contributed by atoms with E-state index in [2.05, 4.69) is 4.57 Å². The lowest BCUT2D eigenvalue weighted by Crippen LogP contribution is -2.61. The van der Waals surface area contributed by atoms with Crippen molar-refractivity contribution in [2.75, 3.05) is 12.4 Å². The van der Waals surface area contributed by atoms with Crippen molar-refractivity contribution in [1.29, 1.82) is 0 Å². The molecule has 1 aromatic rings. The lowest BCUT2D eigenvalue weighted by molar-refractivity contribution is -0.696. The Kier molecular flexibility index (Phi) is 5.68.